The molecule has 0 fully saturated rings. The number of carbonyl (C=O) groups is 1. The van der Waals surface area contributed by atoms with Crippen molar-refractivity contribution in [3.63, 3.8) is 0 Å². The lowest BCUT2D eigenvalue weighted by atomic mass is 10.1. The maximum atomic E-state index is 13.6. The molecule has 2 rings (SSSR count). The molecule has 2 aromatic rings. The minimum atomic E-state index is -0.743. The van der Waals surface area contributed by atoms with Gasteiger partial charge in [0.25, 0.3) is 11.5 Å². The van der Waals surface area contributed by atoms with Crippen LogP contribution in [0.4, 0.5) is 8.78 Å². The van der Waals surface area contributed by atoms with Gasteiger partial charge in [0.1, 0.15) is 17.3 Å². The number of halogens is 2. The van der Waals surface area contributed by atoms with Crippen LogP contribution in [0, 0.1) is 11.6 Å². The number of amides is 1. The molecule has 104 valence electrons. The van der Waals surface area contributed by atoms with Gasteiger partial charge < -0.3 is 5.32 Å². The van der Waals surface area contributed by atoms with E-state index < -0.39 is 29.1 Å². The molecule has 2 N–H and O–H groups in total. The van der Waals surface area contributed by atoms with Gasteiger partial charge in [0, 0.05) is 17.7 Å². The number of hydrogen-bond donors (Lipinski definition) is 2. The van der Waals surface area contributed by atoms with Gasteiger partial charge in [0.05, 0.1) is 6.04 Å². The molecule has 20 heavy (non-hydrogen) atoms. The fraction of sp³-hybridized carbons (Fsp3) is 0.154. The molecule has 1 aromatic carbocycles. The number of rotatable bonds is 3. The zero-order valence-electron chi connectivity index (χ0n) is 10.5. The summed E-state index contributed by atoms with van der Waals surface area (Å²) in [6, 6.07) is 4.86. The van der Waals surface area contributed by atoms with Crippen molar-refractivity contribution in [3.05, 3.63) is 63.6 Å². The van der Waals surface area contributed by atoms with Crippen molar-refractivity contribution in [1.29, 1.82) is 0 Å². The van der Waals surface area contributed by atoms with Gasteiger partial charge in [-0.2, -0.15) is 5.10 Å². The Morgan fingerprint density at radius 1 is 1.30 bits per heavy atom. The zero-order valence-corrected chi connectivity index (χ0v) is 10.5. The second-order valence-corrected chi connectivity index (χ2v) is 4.17. The number of benzene rings is 1. The van der Waals surface area contributed by atoms with Crippen molar-refractivity contribution in [3.8, 4) is 0 Å². The molecule has 0 bridgehead atoms. The van der Waals surface area contributed by atoms with Crippen LogP contribution < -0.4 is 10.9 Å². The largest absolute Gasteiger partial charge is 0.344 e. The number of nitrogens with one attached hydrogen (secondary N) is 2. The van der Waals surface area contributed by atoms with Crippen LogP contribution in [0.3, 0.4) is 0 Å². The molecular formula is C13H11F2N3O2. The normalized spacial score (nSPS) is 11.9. The fourth-order valence-corrected chi connectivity index (χ4v) is 1.67. The van der Waals surface area contributed by atoms with Gasteiger partial charge in [-0.05, 0) is 19.1 Å². The highest BCUT2D eigenvalue weighted by molar-refractivity contribution is 5.92. The monoisotopic (exact) mass is 279 g/mol. The molecule has 1 aromatic heterocycles. The molecule has 5 nitrogen and oxygen atoms in total. The van der Waals surface area contributed by atoms with E-state index in [0.717, 1.165) is 18.2 Å². The Balaban J connectivity index is 2.14. The zero-order chi connectivity index (χ0) is 14.7. The van der Waals surface area contributed by atoms with E-state index in [-0.39, 0.29) is 11.3 Å². The highest BCUT2D eigenvalue weighted by Crippen LogP contribution is 2.17. The number of nitrogens with zero attached hydrogens (tertiary/aromatic N) is 1. The van der Waals surface area contributed by atoms with Gasteiger partial charge >= 0.3 is 0 Å². The smallest absolute Gasteiger partial charge is 0.272 e. The first-order valence-corrected chi connectivity index (χ1v) is 5.79. The number of aromatic amines is 1. The second-order valence-electron chi connectivity index (χ2n) is 4.17. The van der Waals surface area contributed by atoms with E-state index in [1.54, 1.807) is 6.92 Å². The van der Waals surface area contributed by atoms with E-state index in [1.165, 1.54) is 12.1 Å². The van der Waals surface area contributed by atoms with Gasteiger partial charge in [-0.15, -0.1) is 0 Å². The van der Waals surface area contributed by atoms with Crippen molar-refractivity contribution >= 4 is 5.91 Å². The van der Waals surface area contributed by atoms with Crippen LogP contribution in [0.15, 0.2) is 35.1 Å². The molecule has 0 spiro atoms. The Morgan fingerprint density at radius 2 is 2.05 bits per heavy atom. The lowest BCUT2D eigenvalue weighted by Crippen LogP contribution is -2.29. The standard InChI is InChI=1S/C13H11F2N3O2/c1-7(9-3-2-8(14)6-10(9)15)16-13(20)11-4-5-12(19)18-17-11/h2-7H,1H3,(H,16,20)(H,18,19)/t7-/m1/s1. The molecule has 7 heteroatoms. The van der Waals surface area contributed by atoms with Crippen LogP contribution in [-0.4, -0.2) is 16.1 Å². The van der Waals surface area contributed by atoms with Crippen molar-refractivity contribution in [2.45, 2.75) is 13.0 Å². The minimum absolute atomic E-state index is 0.000954. The van der Waals surface area contributed by atoms with Crippen LogP contribution in [0.2, 0.25) is 0 Å². The summed E-state index contributed by atoms with van der Waals surface area (Å²) < 4.78 is 26.4. The molecule has 0 unspecified atom stereocenters. The first-order chi connectivity index (χ1) is 9.47. The summed E-state index contributed by atoms with van der Waals surface area (Å²) in [5.74, 6) is -2.00. The van der Waals surface area contributed by atoms with E-state index in [9.17, 15) is 18.4 Å². The quantitative estimate of drug-likeness (QED) is 0.895. The predicted molar refractivity (Wildman–Crippen MR) is 67.1 cm³/mol. The molecule has 1 heterocycles. The first kappa shape index (κ1) is 13.9. The average Bonchev–Trinajstić information content (AvgIpc) is 2.39. The first-order valence-electron chi connectivity index (χ1n) is 5.79. The second kappa shape index (κ2) is 5.60. The minimum Gasteiger partial charge on any atom is -0.344 e. The molecule has 0 aliphatic rings. The van der Waals surface area contributed by atoms with Crippen LogP contribution in [0.1, 0.15) is 29.0 Å². The number of hydrogen-bond acceptors (Lipinski definition) is 3. The summed E-state index contributed by atoms with van der Waals surface area (Å²) in [5, 5.41) is 8.19. The van der Waals surface area contributed by atoms with E-state index >= 15 is 0 Å². The molecule has 0 aliphatic heterocycles. The lowest BCUT2D eigenvalue weighted by molar-refractivity contribution is 0.0933. The van der Waals surface area contributed by atoms with Gasteiger partial charge in [-0.25, -0.2) is 13.9 Å². The predicted octanol–water partition coefficient (Wildman–Crippen LogP) is 1.54. The Hall–Kier alpha value is -2.57. The topological polar surface area (TPSA) is 74.8 Å². The molecule has 1 amide bonds. The Labute approximate surface area is 112 Å². The van der Waals surface area contributed by atoms with E-state index in [1.807, 2.05) is 0 Å². The van der Waals surface area contributed by atoms with Crippen molar-refractivity contribution in [2.75, 3.05) is 0 Å². The summed E-state index contributed by atoms with van der Waals surface area (Å²) in [4.78, 5) is 22.7. The molecule has 0 aliphatic carbocycles. The Kier molecular flexibility index (Phi) is 3.88. The van der Waals surface area contributed by atoms with Crippen molar-refractivity contribution < 1.29 is 13.6 Å². The van der Waals surface area contributed by atoms with E-state index in [0.29, 0.717) is 0 Å². The van der Waals surface area contributed by atoms with Gasteiger partial charge in [0.15, 0.2) is 0 Å². The van der Waals surface area contributed by atoms with Crippen LogP contribution >= 0.6 is 0 Å². The fourth-order valence-electron chi connectivity index (χ4n) is 1.67. The van der Waals surface area contributed by atoms with Crippen molar-refractivity contribution in [2.24, 2.45) is 0 Å². The SMILES string of the molecule is C[C@@H](NC(=O)c1ccc(=O)[nH]n1)c1ccc(F)cc1F. The van der Waals surface area contributed by atoms with Crippen LogP contribution in [0.25, 0.3) is 0 Å². The molecular weight excluding hydrogens is 268 g/mol. The Bertz CT molecular complexity index is 680. The molecule has 1 atom stereocenters. The van der Waals surface area contributed by atoms with Gasteiger partial charge in [-0.1, -0.05) is 6.07 Å². The summed E-state index contributed by atoms with van der Waals surface area (Å²) >= 11 is 0. The third-order valence-corrected chi connectivity index (χ3v) is 2.69. The van der Waals surface area contributed by atoms with Crippen LogP contribution in [-0.2, 0) is 0 Å². The molecule has 0 radical (unpaired) electrons. The van der Waals surface area contributed by atoms with Gasteiger partial charge in [-0.3, -0.25) is 9.59 Å². The average molecular weight is 279 g/mol. The third kappa shape index (κ3) is 3.05. The van der Waals surface area contributed by atoms with Gasteiger partial charge in [0.2, 0.25) is 0 Å². The molecule has 0 saturated heterocycles. The number of carbonyl (C=O) groups excluding carboxylic acids is 1. The maximum absolute atomic E-state index is 13.6. The highest BCUT2D eigenvalue weighted by atomic mass is 19.1. The number of aromatic nitrogens is 2. The summed E-state index contributed by atoms with van der Waals surface area (Å²) in [5.41, 5.74) is -0.276. The summed E-state index contributed by atoms with van der Waals surface area (Å²) in [6.07, 6.45) is 0. The third-order valence-electron chi connectivity index (χ3n) is 2.69. The number of H-pyrrole nitrogens is 1. The van der Waals surface area contributed by atoms with E-state index in [2.05, 4.69) is 15.5 Å². The Morgan fingerprint density at radius 3 is 2.65 bits per heavy atom. The lowest BCUT2D eigenvalue weighted by Gasteiger charge is -2.14. The van der Waals surface area contributed by atoms with Crippen LogP contribution in [0.5, 0.6) is 0 Å². The highest BCUT2D eigenvalue weighted by Gasteiger charge is 2.16. The molecule has 0 saturated carbocycles. The van der Waals surface area contributed by atoms with E-state index in [4.69, 9.17) is 0 Å². The maximum Gasteiger partial charge on any atom is 0.272 e. The summed E-state index contributed by atoms with van der Waals surface area (Å²) in [6.45, 7) is 1.56. The summed E-state index contributed by atoms with van der Waals surface area (Å²) in [7, 11) is 0. The van der Waals surface area contributed by atoms with Crippen molar-refractivity contribution in [1.82, 2.24) is 15.5 Å².